The van der Waals surface area contributed by atoms with Crippen molar-refractivity contribution in [3.05, 3.63) is 0 Å². The minimum Gasteiger partial charge on any atom is -0.480 e. The molecule has 11 heteroatoms. The number of nitrogens with two attached hydrogens (primary N) is 1. The van der Waals surface area contributed by atoms with Gasteiger partial charge in [-0.3, -0.25) is 4.79 Å². The van der Waals surface area contributed by atoms with Gasteiger partial charge >= 0.3 is 5.97 Å². The van der Waals surface area contributed by atoms with E-state index in [-0.39, 0.29) is 17.5 Å². The summed E-state index contributed by atoms with van der Waals surface area (Å²) in [4.78, 5) is 19.7. The highest BCUT2D eigenvalue weighted by Gasteiger charge is 2.29. The highest BCUT2D eigenvalue weighted by molar-refractivity contribution is 7.80. The molecule has 0 saturated heterocycles. The molecule has 5 atom stereocenters. The van der Waals surface area contributed by atoms with E-state index in [1.165, 1.54) is 0 Å². The first-order chi connectivity index (χ1) is 8.72. The SMILES string of the molecule is N[C@H](CS)C(=O)O.O.O=C[C@H](O)[C@@H](O)[C@@H](O)[C@H](O)CO. The van der Waals surface area contributed by atoms with Gasteiger partial charge in [0.05, 0.1) is 6.61 Å². The molecule has 0 saturated carbocycles. The molecule has 10 nitrogen and oxygen atoms in total. The molecule has 0 rings (SSSR count). The van der Waals surface area contributed by atoms with Crippen molar-refractivity contribution in [3.8, 4) is 0 Å². The molecule has 0 unspecified atom stereocenters. The Bertz CT molecular complexity index is 268. The van der Waals surface area contributed by atoms with Gasteiger partial charge < -0.3 is 46.6 Å². The van der Waals surface area contributed by atoms with E-state index in [1.54, 1.807) is 0 Å². The molecule has 20 heavy (non-hydrogen) atoms. The van der Waals surface area contributed by atoms with Crippen LogP contribution in [0.25, 0.3) is 0 Å². The van der Waals surface area contributed by atoms with Crippen LogP contribution in [0.4, 0.5) is 0 Å². The zero-order valence-electron chi connectivity index (χ0n) is 10.4. The summed E-state index contributed by atoms with van der Waals surface area (Å²) < 4.78 is 0. The first kappa shape index (κ1) is 24.2. The van der Waals surface area contributed by atoms with E-state index in [2.05, 4.69) is 12.6 Å². The minimum atomic E-state index is -1.79. The lowest BCUT2D eigenvalue weighted by Crippen LogP contribution is -2.46. The van der Waals surface area contributed by atoms with Crippen molar-refractivity contribution in [1.82, 2.24) is 0 Å². The second kappa shape index (κ2) is 13.2. The first-order valence-corrected chi connectivity index (χ1v) is 5.73. The van der Waals surface area contributed by atoms with Gasteiger partial charge in [-0.1, -0.05) is 0 Å². The van der Waals surface area contributed by atoms with Gasteiger partial charge in [-0.2, -0.15) is 12.6 Å². The van der Waals surface area contributed by atoms with Crippen LogP contribution in [0.15, 0.2) is 0 Å². The van der Waals surface area contributed by atoms with Crippen LogP contribution in [0, 0.1) is 0 Å². The van der Waals surface area contributed by atoms with E-state index >= 15 is 0 Å². The molecule has 0 amide bonds. The maximum atomic E-state index is 9.90. The largest absolute Gasteiger partial charge is 0.480 e. The Morgan fingerprint density at radius 3 is 1.85 bits per heavy atom. The summed E-state index contributed by atoms with van der Waals surface area (Å²) in [6.45, 7) is -0.760. The van der Waals surface area contributed by atoms with E-state index in [0.717, 1.165) is 0 Å². The molecule has 0 aromatic rings. The molecule has 0 aliphatic rings. The van der Waals surface area contributed by atoms with Crippen LogP contribution in [-0.2, 0) is 9.59 Å². The van der Waals surface area contributed by atoms with Crippen LogP contribution in [0.2, 0.25) is 0 Å². The van der Waals surface area contributed by atoms with Crippen LogP contribution < -0.4 is 5.73 Å². The third-order valence-corrected chi connectivity index (χ3v) is 2.33. The van der Waals surface area contributed by atoms with Crippen molar-refractivity contribution in [3.63, 3.8) is 0 Å². The number of hydrogen-bond donors (Lipinski definition) is 8. The summed E-state index contributed by atoms with van der Waals surface area (Å²) in [6, 6.07) is -0.816. The maximum Gasteiger partial charge on any atom is 0.321 e. The number of aliphatic carboxylic acids is 1. The minimum absolute atomic E-state index is 0. The molecule has 0 aliphatic heterocycles. The molecular formula is C9H21NO9S. The van der Waals surface area contributed by atoms with Gasteiger partial charge in [0.15, 0.2) is 6.29 Å². The standard InChI is InChI=1S/C6H12O6.C3H7NO2S.H2O/c7-1-3(9)5(11)6(12)4(10)2-8;4-2(1-7)3(5)6;/h1,3-6,8-12H,2H2;2,7H,1,4H2,(H,5,6);1H2/t3-,4+,5+,6-;2-;/m01./s1. The molecule has 0 fully saturated rings. The summed E-state index contributed by atoms with van der Waals surface area (Å²) in [5, 5.41) is 51.5. The number of thiol groups is 1. The Morgan fingerprint density at radius 1 is 1.20 bits per heavy atom. The van der Waals surface area contributed by atoms with Crippen molar-refractivity contribution in [2.24, 2.45) is 5.73 Å². The summed E-state index contributed by atoms with van der Waals surface area (Å²) in [6.07, 6.45) is -6.84. The fraction of sp³-hybridized carbons (Fsp3) is 0.778. The average molecular weight is 319 g/mol. The Hall–Kier alpha value is -0.790. The number of carbonyl (C=O) groups is 2. The van der Waals surface area contributed by atoms with E-state index < -0.39 is 43.0 Å². The van der Waals surface area contributed by atoms with E-state index in [0.29, 0.717) is 0 Å². The van der Waals surface area contributed by atoms with E-state index in [1.807, 2.05) is 0 Å². The van der Waals surface area contributed by atoms with Crippen molar-refractivity contribution < 1.29 is 45.7 Å². The van der Waals surface area contributed by atoms with Crippen LogP contribution in [-0.4, -0.2) is 91.2 Å². The van der Waals surface area contributed by atoms with Crippen molar-refractivity contribution in [2.45, 2.75) is 30.5 Å². The first-order valence-electron chi connectivity index (χ1n) is 5.10. The number of aliphatic hydroxyl groups is 5. The molecule has 0 aromatic carbocycles. The molecule has 0 aromatic heterocycles. The molecular weight excluding hydrogens is 298 g/mol. The van der Waals surface area contributed by atoms with Crippen LogP contribution in [0.5, 0.6) is 0 Å². The lowest BCUT2D eigenvalue weighted by Gasteiger charge is -2.22. The molecule has 0 spiro atoms. The van der Waals surface area contributed by atoms with E-state index in [9.17, 15) is 9.59 Å². The second-order valence-electron chi connectivity index (χ2n) is 3.49. The molecule has 10 N–H and O–H groups in total. The van der Waals surface area contributed by atoms with Crippen LogP contribution in [0.3, 0.4) is 0 Å². The predicted octanol–water partition coefficient (Wildman–Crippen LogP) is -4.88. The van der Waals surface area contributed by atoms with Crippen molar-refractivity contribution in [1.29, 1.82) is 0 Å². The summed E-state index contributed by atoms with van der Waals surface area (Å²) in [5.74, 6) is -0.815. The fourth-order valence-corrected chi connectivity index (χ4v) is 0.852. The number of hydrogen-bond acceptors (Lipinski definition) is 9. The molecule has 122 valence electrons. The van der Waals surface area contributed by atoms with Gasteiger partial charge in [-0.15, -0.1) is 0 Å². The molecule has 0 aliphatic carbocycles. The summed E-state index contributed by atoms with van der Waals surface area (Å²) in [5.41, 5.74) is 4.94. The zero-order valence-corrected chi connectivity index (χ0v) is 11.3. The van der Waals surface area contributed by atoms with Gasteiger partial charge in [-0.05, 0) is 0 Å². The highest BCUT2D eigenvalue weighted by Crippen LogP contribution is 2.02. The smallest absolute Gasteiger partial charge is 0.321 e. The Labute approximate surface area is 120 Å². The van der Waals surface area contributed by atoms with Gasteiger partial charge in [0.1, 0.15) is 30.5 Å². The highest BCUT2D eigenvalue weighted by atomic mass is 32.1. The molecule has 0 bridgehead atoms. The summed E-state index contributed by atoms with van der Waals surface area (Å²) >= 11 is 3.65. The molecule has 0 radical (unpaired) electrons. The van der Waals surface area contributed by atoms with E-state index in [4.69, 9.17) is 36.4 Å². The number of carbonyl (C=O) groups excluding carboxylic acids is 1. The topological polar surface area (TPSA) is 213 Å². The third-order valence-electron chi connectivity index (χ3n) is 1.93. The Balaban J connectivity index is -0.000000312. The second-order valence-corrected chi connectivity index (χ2v) is 3.85. The monoisotopic (exact) mass is 319 g/mol. The van der Waals surface area contributed by atoms with Crippen molar-refractivity contribution >= 4 is 24.9 Å². The normalized spacial score (nSPS) is 17.4. The predicted molar refractivity (Wildman–Crippen MR) is 70.3 cm³/mol. The summed E-state index contributed by atoms with van der Waals surface area (Å²) in [7, 11) is 0. The number of rotatable bonds is 7. The van der Waals surface area contributed by atoms with Crippen LogP contribution >= 0.6 is 12.6 Å². The number of carboxylic acid groups (broad SMARTS) is 1. The Kier molecular flexibility index (Phi) is 16.0. The van der Waals surface area contributed by atoms with Gasteiger partial charge in [0.25, 0.3) is 0 Å². The van der Waals surface area contributed by atoms with Crippen LogP contribution in [0.1, 0.15) is 0 Å². The number of aldehydes is 1. The van der Waals surface area contributed by atoms with Gasteiger partial charge in [0.2, 0.25) is 0 Å². The lowest BCUT2D eigenvalue weighted by atomic mass is 10.0. The molecule has 0 heterocycles. The Morgan fingerprint density at radius 2 is 1.65 bits per heavy atom. The number of carboxylic acids is 1. The van der Waals surface area contributed by atoms with Crippen molar-refractivity contribution in [2.75, 3.05) is 12.4 Å². The maximum absolute atomic E-state index is 9.90. The fourth-order valence-electron chi connectivity index (χ4n) is 0.696. The zero-order chi connectivity index (χ0) is 15.6. The lowest BCUT2D eigenvalue weighted by molar-refractivity contribution is -0.138. The quantitative estimate of drug-likeness (QED) is 0.166. The third kappa shape index (κ3) is 10.1. The average Bonchev–Trinajstić information content (AvgIpc) is 2.43. The van der Waals surface area contributed by atoms with Gasteiger partial charge in [-0.25, -0.2) is 0 Å². The van der Waals surface area contributed by atoms with Gasteiger partial charge in [0, 0.05) is 5.75 Å². The number of aliphatic hydroxyl groups excluding tert-OH is 5.